The first-order chi connectivity index (χ1) is 8.84. The molecular weight excluding hydrogens is 220 g/mol. The quantitative estimate of drug-likeness (QED) is 0.774. The Morgan fingerprint density at radius 1 is 0.778 bits per heavy atom. The maximum atomic E-state index is 6.07. The Balaban J connectivity index is 1.85. The molecule has 0 saturated carbocycles. The first-order valence-electron chi connectivity index (χ1n) is 6.51. The molecule has 2 heteroatoms. The van der Waals surface area contributed by atoms with Gasteiger partial charge in [0.1, 0.15) is 0 Å². The molecule has 18 heavy (non-hydrogen) atoms. The highest BCUT2D eigenvalue weighted by molar-refractivity contribution is 5.67. The fourth-order valence-corrected chi connectivity index (χ4v) is 2.68. The maximum Gasteiger partial charge on any atom is 0.0600 e. The van der Waals surface area contributed by atoms with E-state index in [2.05, 4.69) is 41.3 Å². The van der Waals surface area contributed by atoms with Crippen LogP contribution in [0.25, 0.3) is 0 Å². The van der Waals surface area contributed by atoms with Crippen LogP contribution in [0, 0.1) is 0 Å². The van der Waals surface area contributed by atoms with E-state index >= 15 is 0 Å². The zero-order valence-corrected chi connectivity index (χ0v) is 10.5. The van der Waals surface area contributed by atoms with Gasteiger partial charge < -0.3 is 10.6 Å². The summed E-state index contributed by atoms with van der Waals surface area (Å²) in [4.78, 5) is 2.40. The van der Waals surface area contributed by atoms with Crippen molar-refractivity contribution in [2.24, 2.45) is 0 Å². The average Bonchev–Trinajstić information content (AvgIpc) is 2.62. The number of hydrogen-bond donors (Lipinski definition) is 1. The number of nitrogens with zero attached hydrogens (tertiary/aromatic N) is 1. The number of nitrogen functional groups attached to an aromatic ring is 1. The molecule has 0 atom stereocenters. The molecule has 3 rings (SSSR count). The van der Waals surface area contributed by atoms with Crippen LogP contribution < -0.4 is 10.6 Å². The first kappa shape index (κ1) is 11.1. The van der Waals surface area contributed by atoms with E-state index in [0.717, 1.165) is 31.6 Å². The Bertz CT molecular complexity index is 521. The summed E-state index contributed by atoms with van der Waals surface area (Å²) in [5, 5.41) is 0. The van der Waals surface area contributed by atoms with E-state index in [1.165, 1.54) is 16.8 Å². The highest BCUT2D eigenvalue weighted by Gasteiger charge is 2.15. The summed E-state index contributed by atoms with van der Waals surface area (Å²) in [6, 6.07) is 16.9. The van der Waals surface area contributed by atoms with Gasteiger partial charge in [0.05, 0.1) is 11.4 Å². The van der Waals surface area contributed by atoms with E-state index in [1.807, 2.05) is 12.1 Å². The van der Waals surface area contributed by atoms with E-state index in [-0.39, 0.29) is 0 Å². The minimum Gasteiger partial charge on any atom is -0.397 e. The molecular formula is C16H18N2. The monoisotopic (exact) mass is 238 g/mol. The molecule has 0 radical (unpaired) electrons. The van der Waals surface area contributed by atoms with Gasteiger partial charge in [0.15, 0.2) is 0 Å². The number of anilines is 2. The molecule has 2 N–H and O–H groups in total. The highest BCUT2D eigenvalue weighted by Crippen LogP contribution is 2.25. The Kier molecular flexibility index (Phi) is 2.93. The molecule has 0 bridgehead atoms. The van der Waals surface area contributed by atoms with Crippen molar-refractivity contribution in [1.82, 2.24) is 0 Å². The Morgan fingerprint density at radius 2 is 1.33 bits per heavy atom. The molecule has 2 aromatic carbocycles. The average molecular weight is 238 g/mol. The lowest BCUT2D eigenvalue weighted by Gasteiger charge is -2.24. The van der Waals surface area contributed by atoms with Gasteiger partial charge in [-0.25, -0.2) is 0 Å². The molecule has 2 aromatic rings. The van der Waals surface area contributed by atoms with E-state index in [4.69, 9.17) is 5.73 Å². The van der Waals surface area contributed by atoms with Crippen molar-refractivity contribution >= 4 is 11.4 Å². The van der Waals surface area contributed by atoms with E-state index in [1.54, 1.807) is 0 Å². The molecule has 1 heterocycles. The van der Waals surface area contributed by atoms with Gasteiger partial charge in [-0.3, -0.25) is 0 Å². The second kappa shape index (κ2) is 4.73. The lowest BCUT2D eigenvalue weighted by atomic mass is 10.0. The number of para-hydroxylation sites is 2. The van der Waals surface area contributed by atoms with Crippen LogP contribution in [0.3, 0.4) is 0 Å². The van der Waals surface area contributed by atoms with Gasteiger partial charge in [0.25, 0.3) is 0 Å². The van der Waals surface area contributed by atoms with E-state index in [9.17, 15) is 0 Å². The molecule has 0 spiro atoms. The summed E-state index contributed by atoms with van der Waals surface area (Å²) in [6.45, 7) is 2.09. The molecule has 0 amide bonds. The molecule has 0 saturated heterocycles. The minimum atomic E-state index is 0.878. The predicted molar refractivity (Wildman–Crippen MR) is 76.9 cm³/mol. The fourth-order valence-electron chi connectivity index (χ4n) is 2.68. The lowest BCUT2D eigenvalue weighted by Crippen LogP contribution is -2.26. The van der Waals surface area contributed by atoms with Crippen molar-refractivity contribution < 1.29 is 0 Å². The SMILES string of the molecule is Nc1ccccc1N1CCc2ccccc2CC1. The van der Waals surface area contributed by atoms with Crippen LogP contribution in [0.5, 0.6) is 0 Å². The van der Waals surface area contributed by atoms with E-state index in [0.29, 0.717) is 0 Å². The molecule has 0 aliphatic carbocycles. The van der Waals surface area contributed by atoms with Gasteiger partial charge in [0.2, 0.25) is 0 Å². The molecule has 0 aromatic heterocycles. The highest BCUT2D eigenvalue weighted by atomic mass is 15.1. The van der Waals surface area contributed by atoms with E-state index < -0.39 is 0 Å². The maximum absolute atomic E-state index is 6.07. The van der Waals surface area contributed by atoms with Crippen LogP contribution in [0.2, 0.25) is 0 Å². The van der Waals surface area contributed by atoms with Crippen LogP contribution in [0.15, 0.2) is 48.5 Å². The first-order valence-corrected chi connectivity index (χ1v) is 6.51. The Morgan fingerprint density at radius 3 is 1.94 bits per heavy atom. The number of hydrogen-bond acceptors (Lipinski definition) is 2. The number of fused-ring (bicyclic) bond motifs is 1. The number of benzene rings is 2. The molecule has 1 aliphatic rings. The molecule has 2 nitrogen and oxygen atoms in total. The second-order valence-corrected chi connectivity index (χ2v) is 4.81. The minimum absolute atomic E-state index is 0.878. The number of nitrogens with two attached hydrogens (primary N) is 1. The molecule has 0 unspecified atom stereocenters. The van der Waals surface area contributed by atoms with Crippen molar-refractivity contribution in [3.05, 3.63) is 59.7 Å². The fraction of sp³-hybridized carbons (Fsp3) is 0.250. The van der Waals surface area contributed by atoms with Crippen molar-refractivity contribution in [1.29, 1.82) is 0 Å². The topological polar surface area (TPSA) is 29.3 Å². The third kappa shape index (κ3) is 2.06. The third-order valence-electron chi connectivity index (χ3n) is 3.70. The van der Waals surface area contributed by atoms with Gasteiger partial charge in [-0.15, -0.1) is 0 Å². The summed E-state index contributed by atoms with van der Waals surface area (Å²) in [5.74, 6) is 0. The summed E-state index contributed by atoms with van der Waals surface area (Å²) in [5.41, 5.74) is 11.1. The van der Waals surface area contributed by atoms with Crippen LogP contribution in [-0.2, 0) is 12.8 Å². The number of rotatable bonds is 1. The molecule has 0 fully saturated rings. The van der Waals surface area contributed by atoms with Crippen LogP contribution in [-0.4, -0.2) is 13.1 Å². The zero-order valence-electron chi connectivity index (χ0n) is 10.5. The Labute approximate surface area is 108 Å². The van der Waals surface area contributed by atoms with Crippen LogP contribution in [0.1, 0.15) is 11.1 Å². The van der Waals surface area contributed by atoms with Crippen molar-refractivity contribution in [2.45, 2.75) is 12.8 Å². The largest absolute Gasteiger partial charge is 0.397 e. The lowest BCUT2D eigenvalue weighted by molar-refractivity contribution is 0.807. The summed E-state index contributed by atoms with van der Waals surface area (Å²) in [6.07, 6.45) is 2.20. The van der Waals surface area contributed by atoms with Crippen LogP contribution in [0.4, 0.5) is 11.4 Å². The second-order valence-electron chi connectivity index (χ2n) is 4.81. The smallest absolute Gasteiger partial charge is 0.0600 e. The van der Waals surface area contributed by atoms with Crippen molar-refractivity contribution in [2.75, 3.05) is 23.7 Å². The van der Waals surface area contributed by atoms with Crippen LogP contribution >= 0.6 is 0 Å². The van der Waals surface area contributed by atoms with Crippen molar-refractivity contribution in [3.8, 4) is 0 Å². The summed E-state index contributed by atoms with van der Waals surface area (Å²) >= 11 is 0. The summed E-state index contributed by atoms with van der Waals surface area (Å²) in [7, 11) is 0. The third-order valence-corrected chi connectivity index (χ3v) is 3.70. The van der Waals surface area contributed by atoms with Gasteiger partial charge in [0, 0.05) is 13.1 Å². The van der Waals surface area contributed by atoms with Gasteiger partial charge in [-0.1, -0.05) is 36.4 Å². The normalized spacial score (nSPS) is 15.0. The predicted octanol–water partition coefficient (Wildman–Crippen LogP) is 2.87. The Hall–Kier alpha value is -1.96. The van der Waals surface area contributed by atoms with Crippen molar-refractivity contribution in [3.63, 3.8) is 0 Å². The van der Waals surface area contributed by atoms with Gasteiger partial charge in [-0.2, -0.15) is 0 Å². The van der Waals surface area contributed by atoms with Gasteiger partial charge in [-0.05, 0) is 36.1 Å². The van der Waals surface area contributed by atoms with Gasteiger partial charge >= 0.3 is 0 Å². The summed E-state index contributed by atoms with van der Waals surface area (Å²) < 4.78 is 0. The molecule has 92 valence electrons. The zero-order chi connectivity index (χ0) is 12.4. The standard InChI is InChI=1S/C16H18N2/c17-15-7-3-4-8-16(15)18-11-9-13-5-1-2-6-14(13)10-12-18/h1-8H,9-12,17H2. The molecule has 1 aliphatic heterocycles.